The first-order valence-corrected chi connectivity index (χ1v) is 25.8. The number of aliphatic hydroxyl groups excluding tert-OH is 12. The number of aliphatic hydroxyl groups is 14. The largest absolute Gasteiger partial charge is 0.481 e. The van der Waals surface area contributed by atoms with Crippen LogP contribution in [0.15, 0.2) is 85.1 Å². The first-order valence-electron chi connectivity index (χ1n) is 25.8. The SMILES string of the molecule is C[C@@H]1[C@H](O)[C@@H](C)/C=C/C=C/C=C/C=C/C=C/C=C/C=C/[C@H](O[C@@H]2O[C@H](C)[C@@H](O)[C@H](NCC3(O)OCC(O)C(O)C3O)[C@@H]2O)CC2O[C@](O)(C[C@@H](O)[C@H](O)CC[C@@H](O)CC(O)C[C@@H](O)CC(=O)O[C@H]1C)C[C@H](O)[C@H]2C(=O)O. The summed E-state index contributed by atoms with van der Waals surface area (Å²) in [5, 5.41) is 165. The van der Waals surface area contributed by atoms with Crippen molar-refractivity contribution < 1.29 is 110 Å². The van der Waals surface area contributed by atoms with Gasteiger partial charge < -0.3 is 106 Å². The highest BCUT2D eigenvalue weighted by atomic mass is 16.7. The van der Waals surface area contributed by atoms with Crippen molar-refractivity contribution in [1.82, 2.24) is 5.32 Å². The molecule has 4 heterocycles. The minimum Gasteiger partial charge on any atom is -0.481 e. The number of aliphatic carboxylic acids is 1. The normalized spacial score (nSPS) is 46.8. The van der Waals surface area contributed by atoms with Crippen LogP contribution in [0.3, 0.4) is 0 Å². The van der Waals surface area contributed by atoms with Crippen molar-refractivity contribution in [3.8, 4) is 0 Å². The Morgan fingerprint density at radius 3 is 1.82 bits per heavy atom. The Balaban J connectivity index is 1.59. The molecule has 3 saturated heterocycles. The molecular formula is C53H83NO22. The van der Waals surface area contributed by atoms with Crippen LogP contribution >= 0.6 is 0 Å². The maximum Gasteiger partial charge on any atom is 0.311 e. The number of hydrogen-bond acceptors (Lipinski definition) is 22. The standard InChI is InChI=1S/C53H83NO22/c1-29-17-15-13-11-9-7-5-6-8-10-12-14-16-18-36(75-51-48(66)44(46(64)32(4)74-51)54-28-53(71)49(67)47(65)40(61)27-72-53)24-41-43(50(68)69)39(60)26-52(70,76-41)25-38(59)37(58)20-19-33(55)21-34(56)22-35(57)23-42(62)73-31(3)30(2)45(29)63/h5-18,29-41,43-49,51,54-61,63-67,70-71H,19-28H2,1-4H3,(H,68,69)/b6-5+,9-7+,10-8+,13-11+,14-12+,17-15+,18-16+/t29-,30-,31-,32+,33+,34?,35+,36-,37+,38+,39-,40?,41?,43+,44-,45+,46+,47?,48-,49?,51-,52+,53?/m0/s1. The number of carbonyl (C=O) groups excluding carboxylic acids is 1. The molecule has 6 unspecified atom stereocenters. The summed E-state index contributed by atoms with van der Waals surface area (Å²) in [6.07, 6.45) is -4.45. The van der Waals surface area contributed by atoms with Gasteiger partial charge >= 0.3 is 11.9 Å². The number of nitrogens with one attached hydrogen (secondary N) is 1. The summed E-state index contributed by atoms with van der Waals surface area (Å²) in [7, 11) is 0. The molecule has 0 saturated carbocycles. The Hall–Kier alpha value is -3.64. The van der Waals surface area contributed by atoms with Gasteiger partial charge in [-0.25, -0.2) is 0 Å². The summed E-state index contributed by atoms with van der Waals surface area (Å²) < 4.78 is 28.7. The molecule has 3 fully saturated rings. The van der Waals surface area contributed by atoms with Crippen LogP contribution in [0.5, 0.6) is 0 Å². The van der Waals surface area contributed by atoms with Crippen LogP contribution in [-0.2, 0) is 33.3 Å². The molecule has 4 aliphatic heterocycles. The van der Waals surface area contributed by atoms with Crippen LogP contribution in [0.4, 0.5) is 0 Å². The van der Waals surface area contributed by atoms with Crippen molar-refractivity contribution in [2.75, 3.05) is 13.2 Å². The van der Waals surface area contributed by atoms with E-state index in [-0.39, 0.29) is 31.6 Å². The summed E-state index contributed by atoms with van der Waals surface area (Å²) in [4.78, 5) is 25.4. The molecule has 2 bridgehead atoms. The number of cyclic esters (lactones) is 1. The van der Waals surface area contributed by atoms with Crippen LogP contribution in [0.2, 0.25) is 0 Å². The summed E-state index contributed by atoms with van der Waals surface area (Å²) in [5.41, 5.74) is 0. The second kappa shape index (κ2) is 30.6. The van der Waals surface area contributed by atoms with Gasteiger partial charge in [0.15, 0.2) is 12.1 Å². The Morgan fingerprint density at radius 2 is 1.21 bits per heavy atom. The van der Waals surface area contributed by atoms with Crippen molar-refractivity contribution in [2.24, 2.45) is 17.8 Å². The number of hydrogen-bond donors (Lipinski definition) is 16. The van der Waals surface area contributed by atoms with E-state index >= 15 is 0 Å². The number of allylic oxidation sites excluding steroid dienone is 12. The number of ether oxygens (including phenoxy) is 5. The lowest BCUT2D eigenvalue weighted by atomic mass is 9.82. The van der Waals surface area contributed by atoms with Crippen molar-refractivity contribution in [2.45, 2.75) is 201 Å². The van der Waals surface area contributed by atoms with E-state index < -0.39 is 184 Å². The molecule has 16 N–H and O–H groups in total. The lowest BCUT2D eigenvalue weighted by Gasteiger charge is -2.46. The second-order valence-electron chi connectivity index (χ2n) is 20.6. The monoisotopic (exact) mass is 1090 g/mol. The Kier molecular flexibility index (Phi) is 26.2. The fourth-order valence-corrected chi connectivity index (χ4v) is 9.47. The van der Waals surface area contributed by atoms with Gasteiger partial charge in [-0.15, -0.1) is 0 Å². The lowest BCUT2D eigenvalue weighted by Crippen LogP contribution is -2.69. The summed E-state index contributed by atoms with van der Waals surface area (Å²) in [6.45, 7) is 5.38. The van der Waals surface area contributed by atoms with Gasteiger partial charge in [0, 0.05) is 31.1 Å². The van der Waals surface area contributed by atoms with E-state index in [1.807, 2.05) is 6.92 Å². The second-order valence-corrected chi connectivity index (χ2v) is 20.6. The first kappa shape index (κ1) is 64.9. The molecule has 4 aliphatic rings. The van der Waals surface area contributed by atoms with Crippen molar-refractivity contribution in [1.29, 1.82) is 0 Å². The van der Waals surface area contributed by atoms with Crippen LogP contribution in [-0.4, -0.2) is 223 Å². The lowest BCUT2D eigenvalue weighted by molar-refractivity contribution is -0.323. The van der Waals surface area contributed by atoms with E-state index in [9.17, 15) is 86.2 Å². The third-order valence-corrected chi connectivity index (χ3v) is 14.2. The highest BCUT2D eigenvalue weighted by Crippen LogP contribution is 2.38. The van der Waals surface area contributed by atoms with E-state index in [1.54, 1.807) is 86.8 Å². The van der Waals surface area contributed by atoms with Crippen LogP contribution in [0.1, 0.15) is 79.1 Å². The smallest absolute Gasteiger partial charge is 0.311 e. The van der Waals surface area contributed by atoms with Gasteiger partial charge in [0.05, 0.1) is 92.8 Å². The first-order chi connectivity index (χ1) is 35.7. The molecule has 0 aromatic heterocycles. The number of fused-ring (bicyclic) bond motifs is 2. The zero-order chi connectivity index (χ0) is 56.5. The third-order valence-electron chi connectivity index (χ3n) is 14.2. The van der Waals surface area contributed by atoms with Gasteiger partial charge in [-0.1, -0.05) is 98.9 Å². The van der Waals surface area contributed by atoms with Crippen molar-refractivity contribution >= 4 is 11.9 Å². The molecule has 0 spiro atoms. The Labute approximate surface area is 442 Å². The van der Waals surface area contributed by atoms with E-state index in [4.69, 9.17) is 23.7 Å². The quantitative estimate of drug-likeness (QED) is 0.130. The summed E-state index contributed by atoms with van der Waals surface area (Å²) in [5.74, 6) is -9.70. The maximum absolute atomic E-state index is 12.7. The summed E-state index contributed by atoms with van der Waals surface area (Å²) >= 11 is 0. The minimum absolute atomic E-state index is 0.186. The zero-order valence-electron chi connectivity index (χ0n) is 43.3. The van der Waals surface area contributed by atoms with Crippen LogP contribution in [0, 0.1) is 17.8 Å². The van der Waals surface area contributed by atoms with E-state index in [0.29, 0.717) is 0 Å². The molecule has 0 aromatic carbocycles. The van der Waals surface area contributed by atoms with Gasteiger partial charge in [-0.05, 0) is 39.5 Å². The summed E-state index contributed by atoms with van der Waals surface area (Å²) in [6, 6.07) is -1.36. The van der Waals surface area contributed by atoms with E-state index in [2.05, 4.69) is 5.32 Å². The van der Waals surface area contributed by atoms with E-state index in [0.717, 1.165) is 0 Å². The molecule has 76 heavy (non-hydrogen) atoms. The molecule has 432 valence electrons. The number of rotatable bonds is 6. The van der Waals surface area contributed by atoms with Crippen molar-refractivity contribution in [3.05, 3.63) is 85.1 Å². The fraction of sp³-hybridized carbons (Fsp3) is 0.698. The fourth-order valence-electron chi connectivity index (χ4n) is 9.47. The average molecular weight is 1090 g/mol. The van der Waals surface area contributed by atoms with Gasteiger partial charge in [-0.2, -0.15) is 0 Å². The molecule has 0 amide bonds. The van der Waals surface area contributed by atoms with E-state index in [1.165, 1.54) is 19.1 Å². The molecule has 23 heteroatoms. The highest BCUT2D eigenvalue weighted by Gasteiger charge is 2.53. The number of carboxylic acids is 1. The Bertz CT molecular complexity index is 2000. The van der Waals surface area contributed by atoms with Gasteiger partial charge in [0.2, 0.25) is 5.79 Å². The zero-order valence-corrected chi connectivity index (χ0v) is 43.3. The minimum atomic E-state index is -2.47. The molecule has 0 aromatic rings. The Morgan fingerprint density at radius 1 is 0.645 bits per heavy atom. The van der Waals surface area contributed by atoms with Crippen LogP contribution in [0.25, 0.3) is 0 Å². The van der Waals surface area contributed by atoms with Gasteiger partial charge in [0.1, 0.15) is 36.4 Å². The van der Waals surface area contributed by atoms with Gasteiger partial charge in [-0.3, -0.25) is 9.59 Å². The van der Waals surface area contributed by atoms with Crippen molar-refractivity contribution in [3.63, 3.8) is 0 Å². The maximum atomic E-state index is 12.7. The third kappa shape index (κ3) is 19.6. The highest BCUT2D eigenvalue weighted by molar-refractivity contribution is 5.71. The molecule has 0 aliphatic carbocycles. The molecule has 4 rings (SSSR count). The van der Waals surface area contributed by atoms with Gasteiger partial charge in [0.25, 0.3) is 0 Å². The van der Waals surface area contributed by atoms with Crippen LogP contribution < -0.4 is 5.32 Å². The predicted octanol–water partition coefficient (Wildman–Crippen LogP) is -1.86. The molecule has 23 nitrogen and oxygen atoms in total. The topological polar surface area (TPSA) is 396 Å². The molecule has 23 atom stereocenters. The molecule has 0 radical (unpaired) electrons. The number of carbonyl (C=O) groups is 2. The predicted molar refractivity (Wildman–Crippen MR) is 270 cm³/mol. The molecular weight excluding hydrogens is 1000 g/mol. The average Bonchev–Trinajstić information content (AvgIpc) is 3.33. The number of carboxylic acid groups (broad SMARTS) is 1. The number of esters is 1.